The van der Waals surface area contributed by atoms with E-state index in [1.165, 1.54) is 4.88 Å². The molecule has 1 aromatic heterocycles. The van der Waals surface area contributed by atoms with E-state index >= 15 is 0 Å². The van der Waals surface area contributed by atoms with Gasteiger partial charge in [-0.25, -0.2) is 0 Å². The van der Waals surface area contributed by atoms with Gasteiger partial charge in [0.2, 0.25) is 0 Å². The van der Waals surface area contributed by atoms with Gasteiger partial charge in [-0.1, -0.05) is 13.8 Å². The van der Waals surface area contributed by atoms with Crippen molar-refractivity contribution in [2.45, 2.75) is 27.1 Å². The van der Waals surface area contributed by atoms with E-state index in [2.05, 4.69) is 38.8 Å². The number of aryl methyl sites for hydroxylation is 1. The predicted molar refractivity (Wildman–Crippen MR) is 70.4 cm³/mol. The van der Waals surface area contributed by atoms with Crippen LogP contribution in [-0.4, -0.2) is 13.2 Å². The number of ether oxygens (including phenoxy) is 2. The van der Waals surface area contributed by atoms with Crippen LogP contribution in [0.5, 0.6) is 0 Å². The first-order chi connectivity index (χ1) is 7.20. The Morgan fingerprint density at radius 3 is 2.07 bits per heavy atom. The molecule has 1 fully saturated rings. The van der Waals surface area contributed by atoms with Crippen molar-refractivity contribution in [2.75, 3.05) is 13.2 Å². The molecule has 86 valence electrons. The van der Waals surface area contributed by atoms with E-state index in [0.29, 0.717) is 13.2 Å². The largest absolute Gasteiger partial charge is 0.345 e. The summed E-state index contributed by atoms with van der Waals surface area (Å²) < 4.78 is 13.0. The Balaban J connectivity index is 0.000000531. The molecule has 1 aliphatic heterocycles. The number of hydrogen-bond acceptors (Lipinski definition) is 3. The summed E-state index contributed by atoms with van der Waals surface area (Å²) >= 11 is 8.71. The Hall–Kier alpha value is 0.580. The van der Waals surface area contributed by atoms with Gasteiger partial charge in [0, 0.05) is 9.35 Å². The highest BCUT2D eigenvalue weighted by molar-refractivity contribution is 9.13. The third-order valence-electron chi connectivity index (χ3n) is 1.82. The third-order valence-corrected chi connectivity index (χ3v) is 5.82. The zero-order valence-corrected chi connectivity index (χ0v) is 13.0. The van der Waals surface area contributed by atoms with Crippen LogP contribution < -0.4 is 0 Å². The Bertz CT molecular complexity index is 319. The summed E-state index contributed by atoms with van der Waals surface area (Å²) in [5.41, 5.74) is 0. The van der Waals surface area contributed by atoms with Crippen LogP contribution in [0.25, 0.3) is 0 Å². The molecule has 15 heavy (non-hydrogen) atoms. The molecule has 2 nitrogen and oxygen atoms in total. The maximum Gasteiger partial charge on any atom is 0.194 e. The molecule has 0 spiro atoms. The van der Waals surface area contributed by atoms with Gasteiger partial charge in [-0.05, 0) is 38.8 Å². The van der Waals surface area contributed by atoms with Crippen molar-refractivity contribution in [3.8, 4) is 0 Å². The van der Waals surface area contributed by atoms with Crippen molar-refractivity contribution in [2.24, 2.45) is 0 Å². The number of hydrogen-bond donors (Lipinski definition) is 0. The van der Waals surface area contributed by atoms with E-state index in [0.717, 1.165) is 13.8 Å². The minimum Gasteiger partial charge on any atom is -0.345 e. The zero-order chi connectivity index (χ0) is 11.4. The zero-order valence-electron chi connectivity index (χ0n) is 8.97. The summed E-state index contributed by atoms with van der Waals surface area (Å²) in [6.45, 7) is 7.44. The van der Waals surface area contributed by atoms with Crippen LogP contribution in [0.3, 0.4) is 0 Å². The van der Waals surface area contributed by atoms with Crippen LogP contribution in [0, 0.1) is 6.92 Å². The van der Waals surface area contributed by atoms with Gasteiger partial charge in [0.1, 0.15) is 0 Å². The van der Waals surface area contributed by atoms with Gasteiger partial charge in [-0.15, -0.1) is 11.3 Å². The standard InChI is InChI=1S/C8H8Br2O2S.C2H6/c1-4-5(9)6(10)7(13-4)8-11-2-3-12-8;1-2/h8H,2-3H2,1H3;1-2H3. The number of rotatable bonds is 1. The molecule has 1 aromatic rings. The molecule has 0 saturated carbocycles. The fourth-order valence-electron chi connectivity index (χ4n) is 1.18. The number of halogens is 2. The van der Waals surface area contributed by atoms with E-state index in [1.54, 1.807) is 11.3 Å². The first-order valence-electron chi connectivity index (χ1n) is 4.87. The average molecular weight is 358 g/mol. The molecule has 0 amide bonds. The van der Waals surface area contributed by atoms with Crippen LogP contribution in [0.1, 0.15) is 29.9 Å². The van der Waals surface area contributed by atoms with E-state index < -0.39 is 0 Å². The molecule has 0 radical (unpaired) electrons. The summed E-state index contributed by atoms with van der Waals surface area (Å²) in [5, 5.41) is 0. The van der Waals surface area contributed by atoms with Crippen LogP contribution in [0.4, 0.5) is 0 Å². The Kier molecular flexibility index (Phi) is 5.77. The number of thiophene rings is 1. The lowest BCUT2D eigenvalue weighted by atomic mass is 10.4. The fraction of sp³-hybridized carbons (Fsp3) is 0.600. The maximum absolute atomic E-state index is 5.43. The first kappa shape index (κ1) is 13.6. The van der Waals surface area contributed by atoms with Gasteiger partial charge in [-0.3, -0.25) is 0 Å². The van der Waals surface area contributed by atoms with Crippen molar-refractivity contribution in [1.29, 1.82) is 0 Å². The molecule has 0 atom stereocenters. The minimum absolute atomic E-state index is 0.177. The van der Waals surface area contributed by atoms with Gasteiger partial charge < -0.3 is 9.47 Å². The van der Waals surface area contributed by atoms with Crippen molar-refractivity contribution < 1.29 is 9.47 Å². The molecular formula is C10H14Br2O2S. The summed E-state index contributed by atoms with van der Waals surface area (Å²) in [6, 6.07) is 0. The molecule has 0 bridgehead atoms. The minimum atomic E-state index is -0.177. The van der Waals surface area contributed by atoms with Gasteiger partial charge >= 0.3 is 0 Å². The SMILES string of the molecule is CC.Cc1sc(C2OCCO2)c(Br)c1Br. The quantitative estimate of drug-likeness (QED) is 0.728. The second-order valence-electron chi connectivity index (χ2n) is 2.72. The molecule has 1 aliphatic rings. The van der Waals surface area contributed by atoms with Gasteiger partial charge in [0.15, 0.2) is 6.29 Å². The molecule has 1 saturated heterocycles. The molecule has 0 aromatic carbocycles. The molecule has 0 aliphatic carbocycles. The van der Waals surface area contributed by atoms with Gasteiger partial charge in [-0.2, -0.15) is 0 Å². The smallest absolute Gasteiger partial charge is 0.194 e. The van der Waals surface area contributed by atoms with Gasteiger partial charge in [0.05, 0.1) is 22.6 Å². The van der Waals surface area contributed by atoms with Crippen molar-refractivity contribution >= 4 is 43.2 Å². The van der Waals surface area contributed by atoms with E-state index in [1.807, 2.05) is 13.8 Å². The van der Waals surface area contributed by atoms with Crippen LogP contribution in [-0.2, 0) is 9.47 Å². The summed E-state index contributed by atoms with van der Waals surface area (Å²) in [7, 11) is 0. The second kappa shape index (κ2) is 6.35. The van der Waals surface area contributed by atoms with Gasteiger partial charge in [0.25, 0.3) is 0 Å². The Labute approximate surface area is 111 Å². The molecule has 0 N–H and O–H groups in total. The average Bonchev–Trinajstić information content (AvgIpc) is 2.86. The molecule has 2 rings (SSSR count). The van der Waals surface area contributed by atoms with Crippen LogP contribution >= 0.6 is 43.2 Å². The van der Waals surface area contributed by atoms with Crippen molar-refractivity contribution in [1.82, 2.24) is 0 Å². The summed E-state index contributed by atoms with van der Waals surface area (Å²) in [6.07, 6.45) is -0.177. The lowest BCUT2D eigenvalue weighted by Gasteiger charge is -2.06. The highest BCUT2D eigenvalue weighted by Crippen LogP contribution is 2.42. The fourth-order valence-corrected chi connectivity index (χ4v) is 3.57. The normalized spacial score (nSPS) is 16.3. The Morgan fingerprint density at radius 1 is 1.13 bits per heavy atom. The highest BCUT2D eigenvalue weighted by atomic mass is 79.9. The predicted octanol–water partition coefficient (Wildman–Crippen LogP) is 4.65. The van der Waals surface area contributed by atoms with E-state index in [4.69, 9.17) is 9.47 Å². The monoisotopic (exact) mass is 356 g/mol. The highest BCUT2D eigenvalue weighted by Gasteiger charge is 2.24. The van der Waals surface area contributed by atoms with E-state index in [9.17, 15) is 0 Å². The van der Waals surface area contributed by atoms with Crippen molar-refractivity contribution in [3.05, 3.63) is 18.7 Å². The lowest BCUT2D eigenvalue weighted by Crippen LogP contribution is -1.94. The molecule has 2 heterocycles. The van der Waals surface area contributed by atoms with Crippen LogP contribution in [0.15, 0.2) is 8.95 Å². The molecule has 5 heteroatoms. The topological polar surface area (TPSA) is 18.5 Å². The van der Waals surface area contributed by atoms with Crippen LogP contribution in [0.2, 0.25) is 0 Å². The third kappa shape index (κ3) is 3.03. The molecule has 0 unspecified atom stereocenters. The lowest BCUT2D eigenvalue weighted by molar-refractivity contribution is -0.0418. The Morgan fingerprint density at radius 2 is 1.67 bits per heavy atom. The first-order valence-corrected chi connectivity index (χ1v) is 7.28. The summed E-state index contributed by atoms with van der Waals surface area (Å²) in [4.78, 5) is 2.35. The molecular weight excluding hydrogens is 344 g/mol. The van der Waals surface area contributed by atoms with Crippen molar-refractivity contribution in [3.63, 3.8) is 0 Å². The van der Waals surface area contributed by atoms with E-state index in [-0.39, 0.29) is 6.29 Å². The maximum atomic E-state index is 5.43. The summed E-state index contributed by atoms with van der Waals surface area (Å²) in [5.74, 6) is 0. The second-order valence-corrected chi connectivity index (χ2v) is 5.57.